The first-order valence-electron chi connectivity index (χ1n) is 9.41. The van der Waals surface area contributed by atoms with E-state index in [1.807, 2.05) is 43.5 Å². The molecule has 6 heteroatoms. The number of aliphatic carboxylic acids is 1. The number of H-pyrrole nitrogens is 2. The Morgan fingerprint density at radius 3 is 2.83 bits per heavy atom. The van der Waals surface area contributed by atoms with Crippen LogP contribution in [0, 0.1) is 18.3 Å². The van der Waals surface area contributed by atoms with Crippen LogP contribution in [0.15, 0.2) is 42.6 Å². The minimum absolute atomic E-state index is 0.0342. The summed E-state index contributed by atoms with van der Waals surface area (Å²) in [6.45, 7) is 2.02. The number of carbonyl (C=O) groups is 1. The van der Waals surface area contributed by atoms with Gasteiger partial charge in [0.15, 0.2) is 0 Å². The van der Waals surface area contributed by atoms with Gasteiger partial charge in [0.2, 0.25) is 0 Å². The van der Waals surface area contributed by atoms with Crippen LogP contribution in [0.25, 0.3) is 21.8 Å². The number of rotatable bonds is 6. The zero-order valence-corrected chi connectivity index (χ0v) is 16.2. The first kappa shape index (κ1) is 18.6. The van der Waals surface area contributed by atoms with Gasteiger partial charge in [0.05, 0.1) is 18.7 Å². The Morgan fingerprint density at radius 1 is 1.28 bits per heavy atom. The standard InChI is InChI=1S/C23H21N3O3/c1-13-9-20(29-2)22(17-7-8-25-23(13)17)16(4-6-21(27)28)19-11-15-10-14(12-24)3-5-18(15)26-19/h3,5,7-11,16,25-26H,4,6H2,1-2H3,(H,27,28). The van der Waals surface area contributed by atoms with E-state index in [1.54, 1.807) is 13.2 Å². The monoisotopic (exact) mass is 387 g/mol. The van der Waals surface area contributed by atoms with Crippen molar-refractivity contribution in [2.24, 2.45) is 0 Å². The number of nitrogens with zero attached hydrogens (tertiary/aromatic N) is 1. The summed E-state index contributed by atoms with van der Waals surface area (Å²) in [7, 11) is 1.63. The molecule has 0 radical (unpaired) electrons. The lowest BCUT2D eigenvalue weighted by Gasteiger charge is -2.21. The highest BCUT2D eigenvalue weighted by Crippen LogP contribution is 2.41. The maximum absolute atomic E-state index is 11.4. The van der Waals surface area contributed by atoms with Crippen LogP contribution < -0.4 is 4.74 Å². The van der Waals surface area contributed by atoms with Crippen molar-refractivity contribution in [3.05, 3.63) is 65.0 Å². The number of carboxylic acids is 1. The molecule has 0 spiro atoms. The van der Waals surface area contributed by atoms with Gasteiger partial charge in [-0.2, -0.15) is 5.26 Å². The fraction of sp³-hybridized carbons (Fsp3) is 0.217. The molecule has 2 heterocycles. The smallest absolute Gasteiger partial charge is 0.303 e. The van der Waals surface area contributed by atoms with Crippen molar-refractivity contribution in [1.82, 2.24) is 9.97 Å². The van der Waals surface area contributed by atoms with Crippen molar-refractivity contribution in [2.45, 2.75) is 25.7 Å². The number of aromatic amines is 2. The van der Waals surface area contributed by atoms with E-state index >= 15 is 0 Å². The fourth-order valence-corrected chi connectivity index (χ4v) is 4.06. The van der Waals surface area contributed by atoms with Crippen molar-refractivity contribution in [3.8, 4) is 11.8 Å². The van der Waals surface area contributed by atoms with E-state index in [-0.39, 0.29) is 12.3 Å². The largest absolute Gasteiger partial charge is 0.496 e. The van der Waals surface area contributed by atoms with Crippen molar-refractivity contribution >= 4 is 27.8 Å². The Kier molecular flexibility index (Phi) is 4.73. The summed E-state index contributed by atoms with van der Waals surface area (Å²) in [6, 6.07) is 13.6. The van der Waals surface area contributed by atoms with Gasteiger partial charge in [-0.15, -0.1) is 0 Å². The molecule has 0 aliphatic heterocycles. The molecule has 2 aromatic heterocycles. The molecule has 146 valence electrons. The lowest BCUT2D eigenvalue weighted by Crippen LogP contribution is -2.08. The van der Waals surface area contributed by atoms with Crippen LogP contribution in [0.3, 0.4) is 0 Å². The van der Waals surface area contributed by atoms with Gasteiger partial charge in [-0.1, -0.05) is 0 Å². The zero-order valence-electron chi connectivity index (χ0n) is 16.2. The average Bonchev–Trinajstić information content (AvgIpc) is 3.35. The minimum atomic E-state index is -0.839. The predicted molar refractivity (Wildman–Crippen MR) is 111 cm³/mol. The number of methoxy groups -OCH3 is 1. The molecule has 0 aliphatic carbocycles. The van der Waals surface area contributed by atoms with E-state index < -0.39 is 5.97 Å². The van der Waals surface area contributed by atoms with Crippen molar-refractivity contribution < 1.29 is 14.6 Å². The number of benzene rings is 2. The third kappa shape index (κ3) is 3.32. The molecule has 0 saturated carbocycles. The molecular formula is C23H21N3O3. The first-order chi connectivity index (χ1) is 14.0. The second-order valence-electron chi connectivity index (χ2n) is 7.20. The Labute approximate surface area is 167 Å². The van der Waals surface area contributed by atoms with Crippen LogP contribution in [0.2, 0.25) is 0 Å². The molecule has 4 rings (SSSR count). The van der Waals surface area contributed by atoms with Gasteiger partial charge in [-0.05, 0) is 55.3 Å². The maximum Gasteiger partial charge on any atom is 0.303 e. The lowest BCUT2D eigenvalue weighted by atomic mass is 9.87. The Morgan fingerprint density at radius 2 is 2.10 bits per heavy atom. The molecule has 1 unspecified atom stereocenters. The molecule has 1 atom stereocenters. The quantitative estimate of drug-likeness (QED) is 0.441. The molecule has 0 amide bonds. The van der Waals surface area contributed by atoms with E-state index in [2.05, 4.69) is 16.0 Å². The van der Waals surface area contributed by atoms with Gasteiger partial charge in [0, 0.05) is 51.6 Å². The van der Waals surface area contributed by atoms with E-state index in [1.165, 1.54) is 0 Å². The van der Waals surface area contributed by atoms with Crippen LogP contribution >= 0.6 is 0 Å². The topological polar surface area (TPSA) is 102 Å². The van der Waals surface area contributed by atoms with E-state index in [0.717, 1.165) is 44.4 Å². The van der Waals surface area contributed by atoms with Crippen molar-refractivity contribution in [3.63, 3.8) is 0 Å². The molecule has 0 saturated heterocycles. The van der Waals surface area contributed by atoms with Crippen LogP contribution in [0.1, 0.15) is 41.1 Å². The lowest BCUT2D eigenvalue weighted by molar-refractivity contribution is -0.137. The summed E-state index contributed by atoms with van der Waals surface area (Å²) >= 11 is 0. The van der Waals surface area contributed by atoms with Gasteiger partial charge in [-0.3, -0.25) is 4.79 Å². The third-order valence-corrected chi connectivity index (χ3v) is 5.41. The highest BCUT2D eigenvalue weighted by atomic mass is 16.5. The number of carboxylic acid groups (broad SMARTS) is 1. The highest BCUT2D eigenvalue weighted by Gasteiger charge is 2.25. The van der Waals surface area contributed by atoms with Crippen LogP contribution in [-0.4, -0.2) is 28.2 Å². The number of nitrogens with one attached hydrogen (secondary N) is 2. The number of aromatic nitrogens is 2. The predicted octanol–water partition coefficient (Wildman–Crippen LogP) is 4.83. The number of hydrogen-bond acceptors (Lipinski definition) is 3. The molecule has 6 nitrogen and oxygen atoms in total. The third-order valence-electron chi connectivity index (χ3n) is 5.41. The second kappa shape index (κ2) is 7.36. The highest BCUT2D eigenvalue weighted by molar-refractivity contribution is 5.90. The van der Waals surface area contributed by atoms with Crippen LogP contribution in [0.4, 0.5) is 0 Å². The van der Waals surface area contributed by atoms with E-state index in [4.69, 9.17) is 4.74 Å². The number of aryl methyl sites for hydroxylation is 1. The molecule has 3 N–H and O–H groups in total. The minimum Gasteiger partial charge on any atom is -0.496 e. The molecule has 0 fully saturated rings. The van der Waals surface area contributed by atoms with Crippen LogP contribution in [0.5, 0.6) is 5.75 Å². The molecule has 4 aromatic rings. The Hall–Kier alpha value is -3.72. The SMILES string of the molecule is COc1cc(C)c2[nH]ccc2c1C(CCC(=O)O)c1cc2cc(C#N)ccc2[nH]1. The van der Waals surface area contributed by atoms with E-state index in [0.29, 0.717) is 12.0 Å². The van der Waals surface area contributed by atoms with Gasteiger partial charge in [0.25, 0.3) is 0 Å². The fourth-order valence-electron chi connectivity index (χ4n) is 4.06. The van der Waals surface area contributed by atoms with Gasteiger partial charge in [-0.25, -0.2) is 0 Å². The Bertz CT molecular complexity index is 1260. The summed E-state index contributed by atoms with van der Waals surface area (Å²) in [4.78, 5) is 18.1. The normalized spacial score (nSPS) is 12.2. The van der Waals surface area contributed by atoms with Crippen molar-refractivity contribution in [1.29, 1.82) is 5.26 Å². The summed E-state index contributed by atoms with van der Waals surface area (Å²) in [5.41, 5.74) is 5.45. The summed E-state index contributed by atoms with van der Waals surface area (Å²) in [5, 5.41) is 20.5. The molecule has 2 aromatic carbocycles. The summed E-state index contributed by atoms with van der Waals surface area (Å²) in [6.07, 6.45) is 2.35. The number of nitriles is 1. The molecule has 0 bridgehead atoms. The molecule has 29 heavy (non-hydrogen) atoms. The number of hydrogen-bond donors (Lipinski definition) is 3. The molecular weight excluding hydrogens is 366 g/mol. The molecule has 0 aliphatic rings. The second-order valence-corrected chi connectivity index (χ2v) is 7.20. The first-order valence-corrected chi connectivity index (χ1v) is 9.41. The van der Waals surface area contributed by atoms with Crippen LogP contribution in [-0.2, 0) is 4.79 Å². The van der Waals surface area contributed by atoms with E-state index in [9.17, 15) is 15.2 Å². The average molecular weight is 387 g/mol. The summed E-state index contributed by atoms with van der Waals surface area (Å²) in [5.74, 6) is -0.298. The van der Waals surface area contributed by atoms with Gasteiger partial charge >= 0.3 is 5.97 Å². The number of fused-ring (bicyclic) bond motifs is 2. The zero-order chi connectivity index (χ0) is 20.5. The van der Waals surface area contributed by atoms with Gasteiger partial charge in [0.1, 0.15) is 5.75 Å². The Balaban J connectivity index is 1.93. The maximum atomic E-state index is 11.4. The van der Waals surface area contributed by atoms with Gasteiger partial charge < -0.3 is 19.8 Å². The number of ether oxygens (including phenoxy) is 1. The van der Waals surface area contributed by atoms with Crippen molar-refractivity contribution in [2.75, 3.05) is 7.11 Å². The summed E-state index contributed by atoms with van der Waals surface area (Å²) < 4.78 is 5.71.